The summed E-state index contributed by atoms with van der Waals surface area (Å²) in [5, 5.41) is 15.5. The summed E-state index contributed by atoms with van der Waals surface area (Å²) < 4.78 is 5.60. The van der Waals surface area contributed by atoms with Crippen LogP contribution in [0.2, 0.25) is 0 Å². The highest BCUT2D eigenvalue weighted by Gasteiger charge is 2.30. The zero-order chi connectivity index (χ0) is 26.8. The lowest BCUT2D eigenvalue weighted by molar-refractivity contribution is -0.148. The fourth-order valence-corrected chi connectivity index (χ4v) is 4.86. The minimum Gasteiger partial charge on any atom is -0.455 e. The minimum absolute atomic E-state index is 0.0577. The number of carbonyl (C=O) groups is 3. The number of aromatic nitrogens is 1. The van der Waals surface area contributed by atoms with Gasteiger partial charge in [0.1, 0.15) is 10.7 Å². The van der Waals surface area contributed by atoms with Crippen molar-refractivity contribution in [3.63, 3.8) is 0 Å². The van der Waals surface area contributed by atoms with Crippen LogP contribution >= 0.6 is 11.3 Å². The Bertz CT molecular complexity index is 994. The molecule has 36 heavy (non-hydrogen) atoms. The van der Waals surface area contributed by atoms with Crippen molar-refractivity contribution in [2.45, 2.75) is 84.6 Å². The molecule has 2 N–H and O–H groups in total. The summed E-state index contributed by atoms with van der Waals surface area (Å²) in [6.07, 6.45) is 1.06. The van der Waals surface area contributed by atoms with E-state index in [0.717, 1.165) is 12.8 Å². The highest BCUT2D eigenvalue weighted by atomic mass is 32.1. The standard InChI is InChI=1S/C27H39N3O5S/c1-7-8-14-24(32)30(6)22(17(2)3)15-23(35-19(5)31)27-29-21(16-36-27)26(34)28-18(4)25(33)20-12-10-9-11-13-20/h9-13,16-18,22-23,25,33H,7-8,14-15H2,1-6H3,(H,28,34)/t18?,22-,23-,25?/m1/s1. The van der Waals surface area contributed by atoms with Crippen molar-refractivity contribution in [2.24, 2.45) is 5.92 Å². The maximum absolute atomic E-state index is 12.8. The molecule has 2 unspecified atom stereocenters. The molecule has 0 spiro atoms. The molecule has 0 aliphatic rings. The number of carbonyl (C=O) groups excluding carboxylic acids is 3. The summed E-state index contributed by atoms with van der Waals surface area (Å²) >= 11 is 1.23. The molecule has 1 heterocycles. The maximum Gasteiger partial charge on any atom is 0.303 e. The van der Waals surface area contributed by atoms with Crippen molar-refractivity contribution in [1.82, 2.24) is 15.2 Å². The quantitative estimate of drug-likeness (QED) is 0.374. The van der Waals surface area contributed by atoms with Gasteiger partial charge in [-0.1, -0.05) is 57.5 Å². The first-order valence-corrected chi connectivity index (χ1v) is 13.3. The van der Waals surface area contributed by atoms with E-state index in [-0.39, 0.29) is 23.6 Å². The molecule has 2 aromatic rings. The van der Waals surface area contributed by atoms with Crippen molar-refractivity contribution in [3.05, 3.63) is 52.0 Å². The third-order valence-electron chi connectivity index (χ3n) is 6.17. The summed E-state index contributed by atoms with van der Waals surface area (Å²) in [5.74, 6) is -0.693. The largest absolute Gasteiger partial charge is 0.455 e. The molecule has 0 saturated carbocycles. The molecule has 0 aliphatic heterocycles. The number of ether oxygens (including phenoxy) is 1. The van der Waals surface area contributed by atoms with Gasteiger partial charge < -0.3 is 20.1 Å². The van der Waals surface area contributed by atoms with Crippen LogP contribution in [0.1, 0.15) is 93.6 Å². The molecule has 198 valence electrons. The molecule has 0 radical (unpaired) electrons. The van der Waals surface area contributed by atoms with Gasteiger partial charge in [0.2, 0.25) is 5.91 Å². The van der Waals surface area contributed by atoms with Gasteiger partial charge in [-0.2, -0.15) is 0 Å². The third kappa shape index (κ3) is 8.41. The van der Waals surface area contributed by atoms with Crippen molar-refractivity contribution in [3.8, 4) is 0 Å². The van der Waals surface area contributed by atoms with Crippen LogP contribution in [0.5, 0.6) is 0 Å². The Morgan fingerprint density at radius 2 is 1.83 bits per heavy atom. The van der Waals surface area contributed by atoms with Gasteiger partial charge in [-0.25, -0.2) is 4.98 Å². The van der Waals surface area contributed by atoms with Crippen LogP contribution in [0.4, 0.5) is 0 Å². The molecule has 2 rings (SSSR count). The van der Waals surface area contributed by atoms with Crippen LogP contribution in [0.3, 0.4) is 0 Å². The Labute approximate surface area is 218 Å². The van der Waals surface area contributed by atoms with E-state index in [1.807, 2.05) is 39.0 Å². The van der Waals surface area contributed by atoms with E-state index < -0.39 is 30.1 Å². The molecule has 1 aromatic carbocycles. The predicted molar refractivity (Wildman–Crippen MR) is 140 cm³/mol. The van der Waals surface area contributed by atoms with Crippen molar-refractivity contribution >= 4 is 29.1 Å². The van der Waals surface area contributed by atoms with E-state index in [9.17, 15) is 19.5 Å². The summed E-state index contributed by atoms with van der Waals surface area (Å²) in [4.78, 5) is 43.6. The number of hydrogen-bond donors (Lipinski definition) is 2. The number of unbranched alkanes of at least 4 members (excludes halogenated alkanes) is 1. The molecule has 0 fully saturated rings. The molecule has 2 amide bonds. The van der Waals surface area contributed by atoms with Gasteiger partial charge in [0, 0.05) is 38.2 Å². The van der Waals surface area contributed by atoms with Crippen LogP contribution in [0, 0.1) is 5.92 Å². The Balaban J connectivity index is 2.16. The van der Waals surface area contributed by atoms with Crippen LogP contribution in [0.15, 0.2) is 35.7 Å². The Morgan fingerprint density at radius 3 is 2.42 bits per heavy atom. The van der Waals surface area contributed by atoms with E-state index in [1.54, 1.807) is 36.4 Å². The second-order valence-electron chi connectivity index (χ2n) is 9.44. The van der Waals surface area contributed by atoms with E-state index in [1.165, 1.54) is 18.3 Å². The number of rotatable bonds is 13. The van der Waals surface area contributed by atoms with Gasteiger partial charge in [-0.05, 0) is 24.8 Å². The fraction of sp³-hybridized carbons (Fsp3) is 0.556. The molecule has 0 bridgehead atoms. The molecule has 1 aromatic heterocycles. The number of nitrogens with one attached hydrogen (secondary N) is 1. The van der Waals surface area contributed by atoms with Gasteiger partial charge in [-0.15, -0.1) is 11.3 Å². The lowest BCUT2D eigenvalue weighted by atomic mass is 9.96. The van der Waals surface area contributed by atoms with E-state index in [2.05, 4.69) is 10.3 Å². The second-order valence-corrected chi connectivity index (χ2v) is 10.3. The lowest BCUT2D eigenvalue weighted by Gasteiger charge is -2.33. The van der Waals surface area contributed by atoms with Crippen LogP contribution in [-0.4, -0.2) is 51.9 Å². The average molecular weight is 518 g/mol. The SMILES string of the molecule is CCCCC(=O)N(C)[C@H](C[C@@H](OC(C)=O)c1nc(C(=O)NC(C)C(O)c2ccccc2)cs1)C(C)C. The molecular weight excluding hydrogens is 478 g/mol. The Hall–Kier alpha value is -2.78. The zero-order valence-electron chi connectivity index (χ0n) is 22.1. The summed E-state index contributed by atoms with van der Waals surface area (Å²) in [7, 11) is 1.79. The summed E-state index contributed by atoms with van der Waals surface area (Å²) in [6, 6.07) is 8.41. The van der Waals surface area contributed by atoms with Gasteiger partial charge in [0.05, 0.1) is 12.1 Å². The third-order valence-corrected chi connectivity index (χ3v) is 7.11. The number of benzene rings is 1. The van der Waals surface area contributed by atoms with Gasteiger partial charge in [0.15, 0.2) is 6.10 Å². The van der Waals surface area contributed by atoms with Gasteiger partial charge >= 0.3 is 5.97 Å². The lowest BCUT2D eigenvalue weighted by Crippen LogP contribution is -2.41. The molecule has 0 saturated heterocycles. The average Bonchev–Trinajstić information content (AvgIpc) is 3.34. The Morgan fingerprint density at radius 1 is 1.17 bits per heavy atom. The first-order valence-electron chi connectivity index (χ1n) is 12.5. The first-order chi connectivity index (χ1) is 17.0. The number of esters is 1. The summed E-state index contributed by atoms with van der Waals surface area (Å²) in [6.45, 7) is 9.16. The molecule has 8 nitrogen and oxygen atoms in total. The highest BCUT2D eigenvalue weighted by Crippen LogP contribution is 2.30. The molecule has 9 heteroatoms. The van der Waals surface area contributed by atoms with Gasteiger partial charge in [-0.3, -0.25) is 14.4 Å². The highest BCUT2D eigenvalue weighted by molar-refractivity contribution is 7.09. The topological polar surface area (TPSA) is 109 Å². The van der Waals surface area contributed by atoms with Crippen molar-refractivity contribution in [1.29, 1.82) is 0 Å². The Kier molecular flexibility index (Phi) is 11.5. The molecule has 4 atom stereocenters. The summed E-state index contributed by atoms with van der Waals surface area (Å²) in [5.41, 5.74) is 0.893. The molecule has 0 aliphatic carbocycles. The molecular formula is C27H39N3O5S. The number of hydrogen-bond acceptors (Lipinski definition) is 7. The normalized spacial score (nSPS) is 14.6. The first kappa shape index (κ1) is 29.5. The van der Waals surface area contributed by atoms with E-state index in [0.29, 0.717) is 23.4 Å². The van der Waals surface area contributed by atoms with Crippen molar-refractivity contribution < 1.29 is 24.2 Å². The van der Waals surface area contributed by atoms with E-state index >= 15 is 0 Å². The smallest absolute Gasteiger partial charge is 0.303 e. The van der Waals surface area contributed by atoms with E-state index in [4.69, 9.17) is 4.74 Å². The monoisotopic (exact) mass is 517 g/mol. The number of aliphatic hydroxyl groups excluding tert-OH is 1. The van der Waals surface area contributed by atoms with Gasteiger partial charge in [0.25, 0.3) is 5.91 Å². The fourth-order valence-electron chi connectivity index (χ4n) is 4.02. The predicted octanol–water partition coefficient (Wildman–Crippen LogP) is 4.66. The number of amides is 2. The number of thiazole rings is 1. The second kappa shape index (κ2) is 14.1. The maximum atomic E-state index is 12.8. The van der Waals surface area contributed by atoms with Crippen LogP contribution in [0.25, 0.3) is 0 Å². The minimum atomic E-state index is -0.866. The number of aliphatic hydroxyl groups is 1. The van der Waals surface area contributed by atoms with Crippen LogP contribution in [-0.2, 0) is 14.3 Å². The van der Waals surface area contributed by atoms with Crippen molar-refractivity contribution in [2.75, 3.05) is 7.05 Å². The number of nitrogens with zero attached hydrogens (tertiary/aromatic N) is 2. The van der Waals surface area contributed by atoms with Crippen LogP contribution < -0.4 is 5.32 Å². The zero-order valence-corrected chi connectivity index (χ0v) is 22.9.